The Kier molecular flexibility index (Phi) is 8.56. The van der Waals surface area contributed by atoms with Gasteiger partial charge < -0.3 is 20.9 Å². The van der Waals surface area contributed by atoms with E-state index in [0.717, 1.165) is 18.7 Å². The molecule has 0 fully saturated rings. The Bertz CT molecular complexity index is 651. The highest BCUT2D eigenvalue weighted by atomic mass is 32.2. The molecule has 0 atom stereocenters. The van der Waals surface area contributed by atoms with Gasteiger partial charge in [0.15, 0.2) is 0 Å². The lowest BCUT2D eigenvalue weighted by atomic mass is 10.2. The van der Waals surface area contributed by atoms with Gasteiger partial charge in [-0.15, -0.1) is 11.8 Å². The van der Waals surface area contributed by atoms with Crippen LogP contribution in [0.3, 0.4) is 0 Å². The molecule has 1 aromatic carbocycles. The lowest BCUT2D eigenvalue weighted by Gasteiger charge is -1.98. The third-order valence-corrected chi connectivity index (χ3v) is 3.92. The molecule has 2 aromatic rings. The Morgan fingerprint density at radius 3 is 2.39 bits per heavy atom. The van der Waals surface area contributed by atoms with Crippen molar-refractivity contribution in [1.29, 1.82) is 0 Å². The number of hydrogen-bond donors (Lipinski definition) is 4. The third-order valence-electron chi connectivity index (χ3n) is 2.78. The monoisotopic (exact) mass is 336 g/mol. The molecule has 6 nitrogen and oxygen atoms in total. The molecule has 1 aromatic heterocycles. The standard InChI is InChI=1S/C12H16N2S.C4H4O4/c13-7-3-4-8-15-12-9-14-11-6-2-1-5-10(11)12;5-3(6)1-2-4(7)8/h1-2,5-6,9,14H,3-4,7-8,13H2;1-2H,(H,5,6)(H,7,8). The topological polar surface area (TPSA) is 116 Å². The van der Waals surface area contributed by atoms with Crippen LogP contribution >= 0.6 is 11.8 Å². The average molecular weight is 336 g/mol. The molecular weight excluding hydrogens is 316 g/mol. The number of nitrogens with one attached hydrogen (secondary N) is 1. The van der Waals surface area contributed by atoms with Crippen LogP contribution in [-0.4, -0.2) is 39.4 Å². The highest BCUT2D eigenvalue weighted by molar-refractivity contribution is 7.99. The van der Waals surface area contributed by atoms with Gasteiger partial charge >= 0.3 is 11.9 Å². The first-order valence-corrected chi connectivity index (χ1v) is 8.06. The number of carbonyl (C=O) groups is 2. The molecule has 0 unspecified atom stereocenters. The Morgan fingerprint density at radius 1 is 1.13 bits per heavy atom. The first-order valence-electron chi connectivity index (χ1n) is 7.07. The highest BCUT2D eigenvalue weighted by Gasteiger charge is 2.02. The molecule has 1 heterocycles. The van der Waals surface area contributed by atoms with Gasteiger partial charge in [0.25, 0.3) is 0 Å². The van der Waals surface area contributed by atoms with E-state index in [1.165, 1.54) is 22.2 Å². The molecule has 0 aliphatic carbocycles. The molecule has 124 valence electrons. The van der Waals surface area contributed by atoms with Crippen LogP contribution in [0.5, 0.6) is 0 Å². The summed E-state index contributed by atoms with van der Waals surface area (Å²) in [7, 11) is 0. The van der Waals surface area contributed by atoms with Gasteiger partial charge in [-0.05, 0) is 31.2 Å². The fraction of sp³-hybridized carbons (Fsp3) is 0.250. The van der Waals surface area contributed by atoms with E-state index in [2.05, 4.69) is 35.4 Å². The lowest BCUT2D eigenvalue weighted by molar-refractivity contribution is -0.134. The summed E-state index contributed by atoms with van der Waals surface area (Å²) < 4.78 is 0. The predicted molar refractivity (Wildman–Crippen MR) is 91.7 cm³/mol. The number of thioether (sulfide) groups is 1. The average Bonchev–Trinajstić information content (AvgIpc) is 2.94. The largest absolute Gasteiger partial charge is 0.478 e. The Hall–Kier alpha value is -2.25. The van der Waals surface area contributed by atoms with E-state index in [9.17, 15) is 9.59 Å². The fourth-order valence-electron chi connectivity index (χ4n) is 1.74. The summed E-state index contributed by atoms with van der Waals surface area (Å²) in [5, 5.41) is 17.0. The normalized spacial score (nSPS) is 10.5. The number of carboxylic acids is 2. The van der Waals surface area contributed by atoms with Gasteiger partial charge in [-0.3, -0.25) is 0 Å². The van der Waals surface area contributed by atoms with E-state index >= 15 is 0 Å². The number of para-hydroxylation sites is 1. The third kappa shape index (κ3) is 7.53. The van der Waals surface area contributed by atoms with Gasteiger partial charge in [0, 0.05) is 34.1 Å². The Balaban J connectivity index is 0.000000284. The molecule has 0 amide bonds. The number of hydrogen-bond acceptors (Lipinski definition) is 4. The molecule has 0 bridgehead atoms. The van der Waals surface area contributed by atoms with Crippen LogP contribution in [0.1, 0.15) is 12.8 Å². The summed E-state index contributed by atoms with van der Waals surface area (Å²) in [6, 6.07) is 8.41. The van der Waals surface area contributed by atoms with Crippen molar-refractivity contribution in [1.82, 2.24) is 4.98 Å². The van der Waals surface area contributed by atoms with Crippen LogP contribution in [0.2, 0.25) is 0 Å². The number of H-pyrrole nitrogens is 1. The second kappa shape index (κ2) is 10.5. The maximum atomic E-state index is 9.55. The van der Waals surface area contributed by atoms with Gasteiger partial charge in [0.05, 0.1) is 0 Å². The van der Waals surface area contributed by atoms with Crippen molar-refractivity contribution in [2.45, 2.75) is 17.7 Å². The number of carboxylic acid groups (broad SMARTS) is 2. The fourth-order valence-corrected chi connectivity index (χ4v) is 2.78. The quantitative estimate of drug-likeness (QED) is 0.351. The molecule has 7 heteroatoms. The first-order chi connectivity index (χ1) is 11.0. The molecule has 0 saturated carbocycles. The highest BCUT2D eigenvalue weighted by Crippen LogP contribution is 2.28. The van der Waals surface area contributed by atoms with Crippen molar-refractivity contribution in [3.8, 4) is 0 Å². The van der Waals surface area contributed by atoms with Gasteiger partial charge in [0.1, 0.15) is 0 Å². The van der Waals surface area contributed by atoms with Crippen molar-refractivity contribution >= 4 is 34.6 Å². The molecular formula is C16H20N2O4S. The van der Waals surface area contributed by atoms with Gasteiger partial charge in [0.2, 0.25) is 0 Å². The number of unbranched alkanes of at least 4 members (excludes halogenated alkanes) is 1. The Morgan fingerprint density at radius 2 is 1.78 bits per heavy atom. The second-order valence-electron chi connectivity index (χ2n) is 4.55. The van der Waals surface area contributed by atoms with E-state index < -0.39 is 11.9 Å². The molecule has 23 heavy (non-hydrogen) atoms. The predicted octanol–water partition coefficient (Wildman–Crippen LogP) is 2.71. The molecule has 2 rings (SSSR count). The number of nitrogens with two attached hydrogens (primary N) is 1. The maximum Gasteiger partial charge on any atom is 0.328 e. The molecule has 0 saturated heterocycles. The number of aromatic nitrogens is 1. The van der Waals surface area contributed by atoms with Crippen LogP contribution in [-0.2, 0) is 9.59 Å². The zero-order valence-electron chi connectivity index (χ0n) is 12.6. The molecule has 0 aliphatic rings. The van der Waals surface area contributed by atoms with Gasteiger partial charge in [-0.1, -0.05) is 18.2 Å². The number of benzene rings is 1. The molecule has 0 radical (unpaired) electrons. The van der Waals surface area contributed by atoms with E-state index in [1.807, 2.05) is 11.8 Å². The van der Waals surface area contributed by atoms with Crippen LogP contribution in [0, 0.1) is 0 Å². The molecule has 0 aliphatic heterocycles. The summed E-state index contributed by atoms with van der Waals surface area (Å²) in [6.07, 6.45) is 5.53. The van der Waals surface area contributed by atoms with Crippen LogP contribution in [0.4, 0.5) is 0 Å². The van der Waals surface area contributed by atoms with Crippen LogP contribution in [0.15, 0.2) is 47.5 Å². The minimum atomic E-state index is -1.26. The summed E-state index contributed by atoms with van der Waals surface area (Å²) >= 11 is 1.91. The minimum Gasteiger partial charge on any atom is -0.478 e. The molecule has 5 N–H and O–H groups in total. The number of aromatic amines is 1. The van der Waals surface area contributed by atoms with Crippen molar-refractivity contribution < 1.29 is 19.8 Å². The summed E-state index contributed by atoms with van der Waals surface area (Å²) in [5.41, 5.74) is 6.68. The number of aliphatic carboxylic acids is 2. The number of fused-ring (bicyclic) bond motifs is 1. The first kappa shape index (κ1) is 18.8. The van der Waals surface area contributed by atoms with Crippen LogP contribution < -0.4 is 5.73 Å². The van der Waals surface area contributed by atoms with Crippen molar-refractivity contribution in [2.24, 2.45) is 5.73 Å². The lowest BCUT2D eigenvalue weighted by Crippen LogP contribution is -1.98. The Labute approximate surface area is 138 Å². The van der Waals surface area contributed by atoms with E-state index in [4.69, 9.17) is 15.9 Å². The van der Waals surface area contributed by atoms with Crippen molar-refractivity contribution in [3.63, 3.8) is 0 Å². The minimum absolute atomic E-state index is 0.558. The second-order valence-corrected chi connectivity index (χ2v) is 5.69. The summed E-state index contributed by atoms with van der Waals surface area (Å²) in [4.78, 5) is 23.7. The van der Waals surface area contributed by atoms with E-state index in [1.54, 1.807) is 0 Å². The van der Waals surface area contributed by atoms with Crippen molar-refractivity contribution in [3.05, 3.63) is 42.6 Å². The SMILES string of the molecule is NCCCCSc1c[nH]c2ccccc12.O=C(O)C=CC(=O)O. The summed E-state index contributed by atoms with van der Waals surface area (Å²) in [5.74, 6) is -1.36. The summed E-state index contributed by atoms with van der Waals surface area (Å²) in [6.45, 7) is 0.800. The molecule has 0 spiro atoms. The van der Waals surface area contributed by atoms with Crippen LogP contribution in [0.25, 0.3) is 10.9 Å². The van der Waals surface area contributed by atoms with E-state index in [-0.39, 0.29) is 0 Å². The maximum absolute atomic E-state index is 9.55. The van der Waals surface area contributed by atoms with Gasteiger partial charge in [-0.25, -0.2) is 9.59 Å². The van der Waals surface area contributed by atoms with Gasteiger partial charge in [-0.2, -0.15) is 0 Å². The zero-order chi connectivity index (χ0) is 17.1. The number of rotatable bonds is 7. The van der Waals surface area contributed by atoms with Crippen molar-refractivity contribution in [2.75, 3.05) is 12.3 Å². The smallest absolute Gasteiger partial charge is 0.328 e. The van der Waals surface area contributed by atoms with E-state index in [0.29, 0.717) is 12.2 Å². The zero-order valence-corrected chi connectivity index (χ0v) is 13.4.